The third-order valence-electron chi connectivity index (χ3n) is 5.26. The molecule has 28 heavy (non-hydrogen) atoms. The van der Waals surface area contributed by atoms with Crippen molar-refractivity contribution in [2.45, 2.75) is 32.5 Å². The summed E-state index contributed by atoms with van der Waals surface area (Å²) in [7, 11) is 0. The summed E-state index contributed by atoms with van der Waals surface area (Å²) in [6, 6.07) is 8.96. The summed E-state index contributed by atoms with van der Waals surface area (Å²) in [6.45, 7) is 9.46. The zero-order valence-electron chi connectivity index (χ0n) is 16.2. The standard InChI is InChI=1S/C19H25N5O4/c1-14(2)21-7-9-22(10-8-21)15-3-5-16(6-4-15)28-17-11-23-12-18(24(25)26)20-19(23)27-13-17/h3-6,12,14,17H,7-11,13H2,1-2H3/t17-/m0/s1. The molecule has 1 fully saturated rings. The Labute approximate surface area is 163 Å². The van der Waals surface area contributed by atoms with Gasteiger partial charge in [-0.2, -0.15) is 0 Å². The molecule has 3 heterocycles. The lowest BCUT2D eigenvalue weighted by molar-refractivity contribution is -0.389. The maximum atomic E-state index is 10.8. The van der Waals surface area contributed by atoms with E-state index >= 15 is 0 Å². The zero-order chi connectivity index (χ0) is 19.7. The molecule has 9 nitrogen and oxygen atoms in total. The van der Waals surface area contributed by atoms with E-state index in [4.69, 9.17) is 9.47 Å². The zero-order valence-corrected chi connectivity index (χ0v) is 16.2. The van der Waals surface area contributed by atoms with Crippen molar-refractivity contribution in [1.82, 2.24) is 14.5 Å². The molecule has 1 saturated heterocycles. The van der Waals surface area contributed by atoms with Gasteiger partial charge in [-0.25, -0.2) is 0 Å². The lowest BCUT2D eigenvalue weighted by atomic mass is 10.2. The van der Waals surface area contributed by atoms with E-state index < -0.39 is 4.92 Å². The highest BCUT2D eigenvalue weighted by Crippen LogP contribution is 2.25. The molecule has 0 amide bonds. The van der Waals surface area contributed by atoms with Crippen LogP contribution in [0.15, 0.2) is 30.5 Å². The predicted octanol–water partition coefficient (Wildman–Crippen LogP) is 2.16. The second kappa shape index (κ2) is 7.67. The van der Waals surface area contributed by atoms with E-state index in [1.807, 2.05) is 12.1 Å². The summed E-state index contributed by atoms with van der Waals surface area (Å²) < 4.78 is 13.1. The van der Waals surface area contributed by atoms with Crippen LogP contribution in [-0.2, 0) is 6.54 Å². The average Bonchev–Trinajstić information content (AvgIpc) is 3.12. The van der Waals surface area contributed by atoms with Crippen LogP contribution in [0, 0.1) is 10.1 Å². The first-order chi connectivity index (χ1) is 13.5. The van der Waals surface area contributed by atoms with Gasteiger partial charge < -0.3 is 24.5 Å². The highest BCUT2D eigenvalue weighted by atomic mass is 16.6. The number of piperazine rings is 1. The van der Waals surface area contributed by atoms with E-state index in [0.29, 0.717) is 19.2 Å². The first-order valence-electron chi connectivity index (χ1n) is 9.59. The number of anilines is 1. The van der Waals surface area contributed by atoms with Crippen LogP contribution in [0.3, 0.4) is 0 Å². The number of ether oxygens (including phenoxy) is 2. The van der Waals surface area contributed by atoms with Crippen molar-refractivity contribution in [3.8, 4) is 11.8 Å². The Morgan fingerprint density at radius 2 is 1.93 bits per heavy atom. The van der Waals surface area contributed by atoms with Gasteiger partial charge in [-0.05, 0) is 43.0 Å². The Kier molecular flexibility index (Phi) is 5.08. The minimum atomic E-state index is -0.524. The fraction of sp³-hybridized carbons (Fsp3) is 0.526. The molecule has 150 valence electrons. The molecule has 0 N–H and O–H groups in total. The summed E-state index contributed by atoms with van der Waals surface area (Å²) in [4.78, 5) is 19.0. The van der Waals surface area contributed by atoms with Gasteiger partial charge in [0.1, 0.15) is 18.6 Å². The van der Waals surface area contributed by atoms with Crippen molar-refractivity contribution in [1.29, 1.82) is 0 Å². The molecule has 2 aromatic rings. The number of nitrogens with zero attached hydrogens (tertiary/aromatic N) is 5. The van der Waals surface area contributed by atoms with Crippen molar-refractivity contribution < 1.29 is 14.4 Å². The number of nitro groups is 1. The molecule has 0 bridgehead atoms. The number of fused-ring (bicyclic) bond motifs is 1. The first-order valence-corrected chi connectivity index (χ1v) is 9.59. The molecule has 0 saturated carbocycles. The Bertz CT molecular complexity index is 827. The largest absolute Gasteiger partial charge is 0.485 e. The number of benzene rings is 1. The Balaban J connectivity index is 1.34. The first kappa shape index (κ1) is 18.5. The Hall–Kier alpha value is -2.81. The second-order valence-electron chi connectivity index (χ2n) is 7.45. The summed E-state index contributed by atoms with van der Waals surface area (Å²) >= 11 is 0. The lowest BCUT2D eigenvalue weighted by Gasteiger charge is -2.38. The number of imidazole rings is 1. The maximum absolute atomic E-state index is 10.8. The summed E-state index contributed by atoms with van der Waals surface area (Å²) in [5, 5.41) is 10.8. The minimum Gasteiger partial charge on any atom is -0.485 e. The van der Waals surface area contributed by atoms with Crippen molar-refractivity contribution in [3.63, 3.8) is 0 Å². The fourth-order valence-corrected chi connectivity index (χ4v) is 3.65. The second-order valence-corrected chi connectivity index (χ2v) is 7.45. The third-order valence-corrected chi connectivity index (χ3v) is 5.26. The molecule has 2 aliphatic heterocycles. The number of hydrogen-bond acceptors (Lipinski definition) is 7. The van der Waals surface area contributed by atoms with Crippen LogP contribution < -0.4 is 14.4 Å². The van der Waals surface area contributed by atoms with Crippen molar-refractivity contribution >= 4 is 11.5 Å². The molecule has 1 aromatic carbocycles. The summed E-state index contributed by atoms with van der Waals surface area (Å²) in [6.07, 6.45) is 1.16. The van der Waals surface area contributed by atoms with Gasteiger partial charge in [0.05, 0.1) is 6.54 Å². The van der Waals surface area contributed by atoms with E-state index in [2.05, 4.69) is 40.8 Å². The normalized spacial score (nSPS) is 20.0. The van der Waals surface area contributed by atoms with E-state index in [-0.39, 0.29) is 17.9 Å². The van der Waals surface area contributed by atoms with Gasteiger partial charge in [-0.3, -0.25) is 9.47 Å². The van der Waals surface area contributed by atoms with Gasteiger partial charge in [0.25, 0.3) is 0 Å². The highest BCUT2D eigenvalue weighted by molar-refractivity contribution is 5.49. The molecule has 0 spiro atoms. The van der Waals surface area contributed by atoms with E-state index in [1.54, 1.807) is 4.57 Å². The molecule has 1 aromatic heterocycles. The number of aromatic nitrogens is 2. The predicted molar refractivity (Wildman–Crippen MR) is 104 cm³/mol. The lowest BCUT2D eigenvalue weighted by Crippen LogP contribution is -2.48. The SMILES string of the molecule is CC(C)N1CCN(c2ccc(O[C@@H]3COc4nc([N+](=O)[O-])cn4C3)cc2)CC1. The van der Waals surface area contributed by atoms with Crippen LogP contribution >= 0.6 is 0 Å². The molecule has 9 heteroatoms. The molecule has 0 unspecified atom stereocenters. The van der Waals surface area contributed by atoms with Crippen LogP contribution in [0.1, 0.15) is 13.8 Å². The van der Waals surface area contributed by atoms with E-state index in [9.17, 15) is 10.1 Å². The van der Waals surface area contributed by atoms with Gasteiger partial charge in [0, 0.05) is 42.9 Å². The molecule has 0 radical (unpaired) electrons. The van der Waals surface area contributed by atoms with Crippen LogP contribution in [-0.4, -0.2) is 64.3 Å². The smallest absolute Gasteiger partial charge is 0.414 e. The van der Waals surface area contributed by atoms with Crippen molar-refractivity contribution in [2.24, 2.45) is 0 Å². The van der Waals surface area contributed by atoms with Gasteiger partial charge >= 0.3 is 11.8 Å². The van der Waals surface area contributed by atoms with Crippen molar-refractivity contribution in [2.75, 3.05) is 37.7 Å². The average molecular weight is 387 g/mol. The Morgan fingerprint density at radius 3 is 2.57 bits per heavy atom. The highest BCUT2D eigenvalue weighted by Gasteiger charge is 2.29. The van der Waals surface area contributed by atoms with E-state index in [0.717, 1.165) is 31.9 Å². The summed E-state index contributed by atoms with van der Waals surface area (Å²) in [5.41, 5.74) is 1.20. The molecule has 0 aliphatic carbocycles. The minimum absolute atomic E-state index is 0.211. The summed E-state index contributed by atoms with van der Waals surface area (Å²) in [5.74, 6) is 0.550. The molecule has 4 rings (SSSR count). The van der Waals surface area contributed by atoms with Crippen LogP contribution in [0.2, 0.25) is 0 Å². The Morgan fingerprint density at radius 1 is 1.21 bits per heavy atom. The number of hydrogen-bond donors (Lipinski definition) is 0. The van der Waals surface area contributed by atoms with Gasteiger partial charge in [-0.15, -0.1) is 0 Å². The third kappa shape index (κ3) is 3.89. The maximum Gasteiger partial charge on any atom is 0.414 e. The molecular weight excluding hydrogens is 362 g/mol. The van der Waals surface area contributed by atoms with Crippen molar-refractivity contribution in [3.05, 3.63) is 40.6 Å². The fourth-order valence-electron chi connectivity index (χ4n) is 3.65. The number of rotatable bonds is 5. The van der Waals surface area contributed by atoms with E-state index in [1.165, 1.54) is 11.9 Å². The monoisotopic (exact) mass is 387 g/mol. The van der Waals surface area contributed by atoms with Crippen LogP contribution in [0.25, 0.3) is 0 Å². The molecular formula is C19H25N5O4. The van der Waals surface area contributed by atoms with Crippen LogP contribution in [0.5, 0.6) is 11.8 Å². The molecule has 1 atom stereocenters. The van der Waals surface area contributed by atoms with Crippen LogP contribution in [0.4, 0.5) is 11.5 Å². The van der Waals surface area contributed by atoms with Gasteiger partial charge in [0.15, 0.2) is 6.10 Å². The molecule has 2 aliphatic rings. The van der Waals surface area contributed by atoms with Gasteiger partial charge in [-0.1, -0.05) is 0 Å². The van der Waals surface area contributed by atoms with Gasteiger partial charge in [0.2, 0.25) is 0 Å². The quantitative estimate of drug-likeness (QED) is 0.574. The topological polar surface area (TPSA) is 85.9 Å².